The number of rotatable bonds is 7. The number of methoxy groups -OCH3 is 1. The monoisotopic (exact) mass is 489 g/mol. The Labute approximate surface area is 204 Å². The molecule has 182 valence electrons. The van der Waals surface area contributed by atoms with E-state index in [1.165, 1.54) is 25.3 Å². The highest BCUT2D eigenvalue weighted by Crippen LogP contribution is 2.40. The minimum atomic E-state index is -0.631. The summed E-state index contributed by atoms with van der Waals surface area (Å²) in [6.07, 6.45) is 1.28. The Morgan fingerprint density at radius 2 is 1.86 bits per heavy atom. The maximum Gasteiger partial charge on any atom is 0.315 e. The molecular weight excluding hydrogens is 470 g/mol. The van der Waals surface area contributed by atoms with Crippen LogP contribution in [0.25, 0.3) is 6.08 Å². The number of nitro benzene ring substituents is 1. The number of hydrogen-bond donors (Lipinski definition) is 1. The maximum atomic E-state index is 12.9. The summed E-state index contributed by atoms with van der Waals surface area (Å²) >= 11 is 0. The van der Waals surface area contributed by atoms with Crippen molar-refractivity contribution in [3.05, 3.63) is 87.5 Å². The first-order chi connectivity index (χ1) is 17.4. The lowest BCUT2D eigenvalue weighted by Crippen LogP contribution is -2.35. The van der Waals surface area contributed by atoms with Gasteiger partial charge in [-0.1, -0.05) is 24.3 Å². The number of carbonyl (C=O) groups is 2. The van der Waals surface area contributed by atoms with Gasteiger partial charge in [-0.3, -0.25) is 25.1 Å². The zero-order chi connectivity index (χ0) is 25.2. The van der Waals surface area contributed by atoms with Crippen LogP contribution in [-0.2, 0) is 16.2 Å². The number of benzene rings is 3. The average Bonchev–Trinajstić information content (AvgIpc) is 3.47. The number of anilines is 1. The molecule has 3 aromatic carbocycles. The van der Waals surface area contributed by atoms with E-state index in [0.717, 1.165) is 5.01 Å². The highest BCUT2D eigenvalue weighted by molar-refractivity contribution is 6.31. The van der Waals surface area contributed by atoms with Crippen LogP contribution in [0.5, 0.6) is 23.0 Å². The molecule has 3 aromatic rings. The second-order valence-electron chi connectivity index (χ2n) is 7.78. The summed E-state index contributed by atoms with van der Waals surface area (Å²) in [7, 11) is 1.34. The molecule has 2 aliphatic heterocycles. The maximum absolute atomic E-state index is 12.9. The largest absolute Gasteiger partial charge is 0.493 e. The summed E-state index contributed by atoms with van der Waals surface area (Å²) in [6.45, 7) is 0.126. The van der Waals surface area contributed by atoms with E-state index in [0.29, 0.717) is 22.7 Å². The van der Waals surface area contributed by atoms with Gasteiger partial charge in [-0.05, 0) is 47.5 Å². The van der Waals surface area contributed by atoms with Crippen LogP contribution in [0.15, 0.2) is 66.2 Å². The van der Waals surface area contributed by atoms with Crippen LogP contribution in [-0.4, -0.2) is 30.6 Å². The fraction of sp³-hybridized carbons (Fsp3) is 0.120. The van der Waals surface area contributed by atoms with Gasteiger partial charge < -0.3 is 18.9 Å². The standard InChI is InChI=1S/C25H19N3O8/c1-33-22-12-16(9-18-24(29)26-27(25(18)30)17-5-3-2-4-6-17)10-19(28(31)32)23(22)34-13-15-7-8-20-21(11-15)36-14-35-20/h2-12H,13-14H2,1H3,(H,26,29). The van der Waals surface area contributed by atoms with Crippen molar-refractivity contribution in [3.8, 4) is 23.0 Å². The molecule has 2 aliphatic rings. The van der Waals surface area contributed by atoms with Gasteiger partial charge in [0.1, 0.15) is 12.2 Å². The SMILES string of the molecule is COc1cc(C=C2C(=O)NN(c3ccccc3)C2=O)cc([N+](=O)[O-])c1OCc1ccc2c(c1)OCO2. The van der Waals surface area contributed by atoms with Gasteiger partial charge in [0, 0.05) is 6.07 Å². The number of hydrogen-bond acceptors (Lipinski definition) is 8. The van der Waals surface area contributed by atoms with Crippen molar-refractivity contribution in [1.29, 1.82) is 0 Å². The Hall–Kier alpha value is -5.06. The Bertz CT molecular complexity index is 1400. The first kappa shape index (κ1) is 22.7. The lowest BCUT2D eigenvalue weighted by atomic mass is 10.1. The van der Waals surface area contributed by atoms with Crippen molar-refractivity contribution in [3.63, 3.8) is 0 Å². The third kappa shape index (κ3) is 4.25. The van der Waals surface area contributed by atoms with E-state index < -0.39 is 16.7 Å². The van der Waals surface area contributed by atoms with Crippen LogP contribution >= 0.6 is 0 Å². The summed E-state index contributed by atoms with van der Waals surface area (Å²) < 4.78 is 21.8. The molecule has 2 heterocycles. The third-order valence-corrected chi connectivity index (χ3v) is 5.51. The Morgan fingerprint density at radius 1 is 1.08 bits per heavy atom. The van der Waals surface area contributed by atoms with E-state index in [1.54, 1.807) is 48.5 Å². The van der Waals surface area contributed by atoms with E-state index in [4.69, 9.17) is 18.9 Å². The Kier molecular flexibility index (Phi) is 5.87. The van der Waals surface area contributed by atoms with Crippen LogP contribution in [0.2, 0.25) is 0 Å². The molecular formula is C25H19N3O8. The van der Waals surface area contributed by atoms with Crippen LogP contribution < -0.4 is 29.4 Å². The average molecular weight is 489 g/mol. The molecule has 36 heavy (non-hydrogen) atoms. The molecule has 11 heteroatoms. The number of nitrogens with one attached hydrogen (secondary N) is 1. The van der Waals surface area contributed by atoms with Gasteiger partial charge in [-0.15, -0.1) is 0 Å². The van der Waals surface area contributed by atoms with Gasteiger partial charge in [0.05, 0.1) is 17.7 Å². The van der Waals surface area contributed by atoms with Gasteiger partial charge in [0.25, 0.3) is 11.8 Å². The summed E-state index contributed by atoms with van der Waals surface area (Å²) in [4.78, 5) is 36.6. The zero-order valence-corrected chi connectivity index (χ0v) is 18.9. The number of fused-ring (bicyclic) bond motifs is 1. The number of hydrazine groups is 1. The molecule has 5 rings (SSSR count). The first-order valence-corrected chi connectivity index (χ1v) is 10.7. The van der Waals surface area contributed by atoms with Crippen molar-refractivity contribution < 1.29 is 33.5 Å². The van der Waals surface area contributed by atoms with E-state index in [9.17, 15) is 19.7 Å². The second-order valence-corrected chi connectivity index (χ2v) is 7.78. The summed E-state index contributed by atoms with van der Waals surface area (Å²) in [5.74, 6) is -0.0674. The van der Waals surface area contributed by atoms with Crippen LogP contribution in [0.3, 0.4) is 0 Å². The Morgan fingerprint density at radius 3 is 2.61 bits per heavy atom. The van der Waals surface area contributed by atoms with E-state index in [1.807, 2.05) is 0 Å². The van der Waals surface area contributed by atoms with Crippen molar-refractivity contribution in [2.75, 3.05) is 18.9 Å². The third-order valence-electron chi connectivity index (χ3n) is 5.51. The highest BCUT2D eigenvalue weighted by atomic mass is 16.7. The van der Waals surface area contributed by atoms with Gasteiger partial charge in [0.2, 0.25) is 12.5 Å². The number of nitrogens with zero attached hydrogens (tertiary/aromatic N) is 2. The van der Waals surface area contributed by atoms with Crippen molar-refractivity contribution in [2.45, 2.75) is 6.61 Å². The van der Waals surface area contributed by atoms with E-state index >= 15 is 0 Å². The minimum Gasteiger partial charge on any atom is -0.493 e. The molecule has 0 unspecified atom stereocenters. The predicted molar refractivity (Wildman–Crippen MR) is 127 cm³/mol. The molecule has 0 saturated carbocycles. The normalized spacial score (nSPS) is 15.2. The van der Waals surface area contributed by atoms with Crippen molar-refractivity contribution in [1.82, 2.24) is 5.43 Å². The van der Waals surface area contributed by atoms with Gasteiger partial charge in [-0.2, -0.15) is 0 Å². The molecule has 0 spiro atoms. The summed E-state index contributed by atoms with van der Waals surface area (Å²) in [5.41, 5.74) is 3.34. The predicted octanol–water partition coefficient (Wildman–Crippen LogP) is 3.37. The quantitative estimate of drug-likeness (QED) is 0.231. The number of para-hydroxylation sites is 1. The van der Waals surface area contributed by atoms with Gasteiger partial charge >= 0.3 is 5.69 Å². The molecule has 1 saturated heterocycles. The summed E-state index contributed by atoms with van der Waals surface area (Å²) in [5, 5.41) is 13.0. The molecule has 2 amide bonds. The smallest absolute Gasteiger partial charge is 0.315 e. The molecule has 0 aliphatic carbocycles. The molecule has 1 fully saturated rings. The van der Waals surface area contributed by atoms with Crippen LogP contribution in [0.1, 0.15) is 11.1 Å². The molecule has 0 radical (unpaired) electrons. The molecule has 0 bridgehead atoms. The lowest BCUT2D eigenvalue weighted by molar-refractivity contribution is -0.386. The molecule has 11 nitrogen and oxygen atoms in total. The van der Waals surface area contributed by atoms with Crippen molar-refractivity contribution in [2.24, 2.45) is 0 Å². The lowest BCUT2D eigenvalue weighted by Gasteiger charge is -2.14. The second kappa shape index (κ2) is 9.29. The minimum absolute atomic E-state index is 0.00119. The molecule has 0 aromatic heterocycles. The van der Waals surface area contributed by atoms with Gasteiger partial charge in [0.15, 0.2) is 17.2 Å². The van der Waals surface area contributed by atoms with Crippen LogP contribution in [0.4, 0.5) is 11.4 Å². The van der Waals surface area contributed by atoms with Crippen molar-refractivity contribution >= 4 is 29.3 Å². The number of nitro groups is 1. The molecule has 0 atom stereocenters. The van der Waals surface area contributed by atoms with Crippen LogP contribution in [0, 0.1) is 10.1 Å². The number of ether oxygens (including phenoxy) is 4. The number of amides is 2. The fourth-order valence-electron chi connectivity index (χ4n) is 3.79. The summed E-state index contributed by atoms with van der Waals surface area (Å²) in [6, 6.07) is 16.5. The topological polar surface area (TPSA) is 129 Å². The van der Waals surface area contributed by atoms with E-state index in [2.05, 4.69) is 5.43 Å². The fourth-order valence-corrected chi connectivity index (χ4v) is 3.79. The zero-order valence-electron chi connectivity index (χ0n) is 18.9. The highest BCUT2D eigenvalue weighted by Gasteiger charge is 2.35. The van der Waals surface area contributed by atoms with Gasteiger partial charge in [-0.25, -0.2) is 5.01 Å². The number of carbonyl (C=O) groups excluding carboxylic acids is 2. The molecule has 1 N–H and O–H groups in total. The Balaban J connectivity index is 1.44. The van der Waals surface area contributed by atoms with E-state index in [-0.39, 0.29) is 41.7 Å². The first-order valence-electron chi connectivity index (χ1n) is 10.7.